The summed E-state index contributed by atoms with van der Waals surface area (Å²) in [5.74, 6) is 0.886. The summed E-state index contributed by atoms with van der Waals surface area (Å²) >= 11 is 6.00. The fourth-order valence-corrected chi connectivity index (χ4v) is 3.81. The topological polar surface area (TPSA) is 66.6 Å². The van der Waals surface area contributed by atoms with E-state index in [9.17, 15) is 4.79 Å². The molecule has 3 aromatic rings. The number of para-hydroxylation sites is 1. The monoisotopic (exact) mass is 407 g/mol. The molecule has 0 saturated heterocycles. The third kappa shape index (κ3) is 4.05. The van der Waals surface area contributed by atoms with Crippen LogP contribution in [0, 0.1) is 13.8 Å². The van der Waals surface area contributed by atoms with Gasteiger partial charge in [0.25, 0.3) is 5.91 Å². The molecular formula is C23H22ClN3O2. The molecule has 1 aliphatic carbocycles. The van der Waals surface area contributed by atoms with Gasteiger partial charge in [0.2, 0.25) is 0 Å². The third-order valence-corrected chi connectivity index (χ3v) is 5.30. The molecule has 0 bridgehead atoms. The number of nitrogens with one attached hydrogen (secondary N) is 2. The van der Waals surface area contributed by atoms with Crippen LogP contribution in [0.5, 0.6) is 0 Å². The van der Waals surface area contributed by atoms with Crippen molar-refractivity contribution in [2.75, 3.05) is 10.7 Å². The molecule has 1 heterocycles. The molecule has 4 rings (SSSR count). The lowest BCUT2D eigenvalue weighted by molar-refractivity contribution is 0.0994. The van der Waals surface area contributed by atoms with Crippen molar-refractivity contribution in [2.24, 2.45) is 5.10 Å². The molecule has 1 amide bonds. The molecule has 2 aromatic carbocycles. The van der Waals surface area contributed by atoms with Crippen LogP contribution in [-0.4, -0.2) is 11.6 Å². The zero-order chi connectivity index (χ0) is 20.4. The number of hydrazone groups is 1. The van der Waals surface area contributed by atoms with Crippen LogP contribution in [0.15, 0.2) is 58.0 Å². The summed E-state index contributed by atoms with van der Waals surface area (Å²) < 4.78 is 5.97. The molecule has 6 heteroatoms. The van der Waals surface area contributed by atoms with Crippen molar-refractivity contribution >= 4 is 34.6 Å². The van der Waals surface area contributed by atoms with Crippen molar-refractivity contribution in [3.8, 4) is 0 Å². The molecule has 0 aliphatic heterocycles. The minimum atomic E-state index is -0.266. The van der Waals surface area contributed by atoms with E-state index in [0.717, 1.165) is 53.1 Å². The maximum atomic E-state index is 12.9. The number of rotatable bonds is 4. The van der Waals surface area contributed by atoms with Crippen LogP contribution in [0.4, 0.5) is 11.4 Å². The molecule has 148 valence electrons. The number of hydrogen-bond acceptors (Lipinski definition) is 4. The smallest absolute Gasteiger partial charge is 0.291 e. The van der Waals surface area contributed by atoms with Gasteiger partial charge in [0.15, 0.2) is 5.76 Å². The molecule has 0 fully saturated rings. The first-order chi connectivity index (χ1) is 14.0. The van der Waals surface area contributed by atoms with Crippen molar-refractivity contribution in [3.63, 3.8) is 0 Å². The predicted octanol–water partition coefficient (Wildman–Crippen LogP) is 5.95. The average molecular weight is 408 g/mol. The number of anilines is 2. The molecule has 0 radical (unpaired) electrons. The van der Waals surface area contributed by atoms with E-state index in [-0.39, 0.29) is 5.91 Å². The number of aryl methyl sites for hydroxylation is 2. The SMILES string of the molecule is Cc1cc(Cl)ccc1NC(=O)c1oc2c(c1C)/C(=N/Nc1ccccc1)CCC2. The molecule has 0 spiro atoms. The molecule has 0 atom stereocenters. The van der Waals surface area contributed by atoms with E-state index in [2.05, 4.69) is 15.8 Å². The zero-order valence-corrected chi connectivity index (χ0v) is 17.1. The summed E-state index contributed by atoms with van der Waals surface area (Å²) in [5, 5.41) is 8.16. The fraction of sp³-hybridized carbons (Fsp3) is 0.217. The van der Waals surface area contributed by atoms with E-state index in [1.54, 1.807) is 12.1 Å². The maximum Gasteiger partial charge on any atom is 0.291 e. The normalized spacial score (nSPS) is 14.5. The molecule has 1 aliphatic rings. The number of fused-ring (bicyclic) bond motifs is 1. The van der Waals surface area contributed by atoms with E-state index in [1.807, 2.05) is 50.2 Å². The van der Waals surface area contributed by atoms with Gasteiger partial charge in [0.05, 0.1) is 11.4 Å². The van der Waals surface area contributed by atoms with E-state index in [1.165, 1.54) is 0 Å². The van der Waals surface area contributed by atoms with Crippen molar-refractivity contribution in [1.82, 2.24) is 0 Å². The second-order valence-corrected chi connectivity index (χ2v) is 7.59. The molecule has 2 N–H and O–H groups in total. The van der Waals surface area contributed by atoms with Crippen molar-refractivity contribution in [2.45, 2.75) is 33.1 Å². The molecule has 5 nitrogen and oxygen atoms in total. The minimum Gasteiger partial charge on any atom is -0.455 e. The number of benzene rings is 2. The van der Waals surface area contributed by atoms with Crippen molar-refractivity contribution < 1.29 is 9.21 Å². The standard InChI is InChI=1S/C23H22ClN3O2/c1-14-13-16(24)11-12-18(14)25-23(28)22-15(2)21-19(9-6-10-20(21)29-22)27-26-17-7-4-3-5-8-17/h3-5,7-8,11-13,26H,6,9-10H2,1-2H3,(H,25,28)/b27-19+. The Labute approximate surface area is 174 Å². The first-order valence-corrected chi connectivity index (χ1v) is 9.98. The van der Waals surface area contributed by atoms with Gasteiger partial charge in [-0.25, -0.2) is 0 Å². The highest BCUT2D eigenvalue weighted by molar-refractivity contribution is 6.30. The lowest BCUT2D eigenvalue weighted by atomic mass is 9.93. The Morgan fingerprint density at radius 3 is 2.66 bits per heavy atom. The summed E-state index contributed by atoms with van der Waals surface area (Å²) in [5.41, 5.74) is 8.31. The second-order valence-electron chi connectivity index (χ2n) is 7.16. The van der Waals surface area contributed by atoms with Gasteiger partial charge >= 0.3 is 0 Å². The number of furan rings is 1. The van der Waals surface area contributed by atoms with E-state index in [4.69, 9.17) is 16.0 Å². The van der Waals surface area contributed by atoms with Crippen LogP contribution in [-0.2, 0) is 6.42 Å². The lowest BCUT2D eigenvalue weighted by Crippen LogP contribution is -2.15. The Bertz CT molecular complexity index is 1090. The zero-order valence-electron chi connectivity index (χ0n) is 16.4. The van der Waals surface area contributed by atoms with Gasteiger partial charge < -0.3 is 9.73 Å². The summed E-state index contributed by atoms with van der Waals surface area (Å²) in [6.45, 7) is 3.82. The van der Waals surface area contributed by atoms with Gasteiger partial charge in [-0.1, -0.05) is 29.8 Å². The first-order valence-electron chi connectivity index (χ1n) is 9.60. The first kappa shape index (κ1) is 19.3. The van der Waals surface area contributed by atoms with Crippen molar-refractivity contribution in [1.29, 1.82) is 0 Å². The van der Waals surface area contributed by atoms with Gasteiger partial charge in [0.1, 0.15) is 5.76 Å². The Morgan fingerprint density at radius 1 is 1.10 bits per heavy atom. The number of amides is 1. The fourth-order valence-electron chi connectivity index (χ4n) is 3.59. The largest absolute Gasteiger partial charge is 0.455 e. The molecular weight excluding hydrogens is 386 g/mol. The highest BCUT2D eigenvalue weighted by atomic mass is 35.5. The Kier molecular flexibility index (Phi) is 5.41. The van der Waals surface area contributed by atoms with Crippen LogP contribution < -0.4 is 10.7 Å². The summed E-state index contributed by atoms with van der Waals surface area (Å²) in [6.07, 6.45) is 2.57. The van der Waals surface area contributed by atoms with Gasteiger partial charge in [-0.05, 0) is 62.6 Å². The van der Waals surface area contributed by atoms with Gasteiger partial charge in [-0.15, -0.1) is 0 Å². The molecule has 29 heavy (non-hydrogen) atoms. The van der Waals surface area contributed by atoms with Crippen LogP contribution in [0.3, 0.4) is 0 Å². The Morgan fingerprint density at radius 2 is 1.90 bits per heavy atom. The Balaban J connectivity index is 1.61. The lowest BCUT2D eigenvalue weighted by Gasteiger charge is -2.13. The van der Waals surface area contributed by atoms with Crippen LogP contribution >= 0.6 is 11.6 Å². The predicted molar refractivity (Wildman–Crippen MR) is 117 cm³/mol. The molecule has 1 aromatic heterocycles. The van der Waals surface area contributed by atoms with E-state index < -0.39 is 0 Å². The highest BCUT2D eigenvalue weighted by Crippen LogP contribution is 2.31. The van der Waals surface area contributed by atoms with Gasteiger partial charge in [-0.2, -0.15) is 5.10 Å². The van der Waals surface area contributed by atoms with Gasteiger partial charge in [-0.3, -0.25) is 10.2 Å². The third-order valence-electron chi connectivity index (χ3n) is 5.06. The second kappa shape index (κ2) is 8.13. The number of hydrogen-bond donors (Lipinski definition) is 2. The highest BCUT2D eigenvalue weighted by Gasteiger charge is 2.28. The number of nitrogens with zero attached hydrogens (tertiary/aromatic N) is 1. The van der Waals surface area contributed by atoms with Crippen LogP contribution in [0.1, 0.15) is 45.8 Å². The van der Waals surface area contributed by atoms with Crippen LogP contribution in [0.25, 0.3) is 0 Å². The minimum absolute atomic E-state index is 0.266. The van der Waals surface area contributed by atoms with Crippen molar-refractivity contribution in [3.05, 3.63) is 81.8 Å². The average Bonchev–Trinajstić information content (AvgIpc) is 3.07. The quantitative estimate of drug-likeness (QED) is 0.525. The molecule has 0 saturated carbocycles. The van der Waals surface area contributed by atoms with E-state index in [0.29, 0.717) is 16.5 Å². The van der Waals surface area contributed by atoms with E-state index >= 15 is 0 Å². The number of halogens is 1. The van der Waals surface area contributed by atoms with Crippen LogP contribution in [0.2, 0.25) is 5.02 Å². The number of carbonyl (C=O) groups excluding carboxylic acids is 1. The Hall–Kier alpha value is -3.05. The summed E-state index contributed by atoms with van der Waals surface area (Å²) in [4.78, 5) is 12.9. The summed E-state index contributed by atoms with van der Waals surface area (Å²) in [7, 11) is 0. The number of carbonyl (C=O) groups is 1. The maximum absolute atomic E-state index is 12.9. The molecule has 0 unspecified atom stereocenters. The van der Waals surface area contributed by atoms with Gasteiger partial charge in [0, 0.05) is 28.3 Å². The summed E-state index contributed by atoms with van der Waals surface area (Å²) in [6, 6.07) is 15.2.